The summed E-state index contributed by atoms with van der Waals surface area (Å²) in [5.74, 6) is -0.171. The molecule has 1 fully saturated rings. The van der Waals surface area contributed by atoms with Crippen LogP contribution in [0.5, 0.6) is 0 Å². The summed E-state index contributed by atoms with van der Waals surface area (Å²) >= 11 is 0. The fourth-order valence-electron chi connectivity index (χ4n) is 4.30. The molecule has 8 heteroatoms. The van der Waals surface area contributed by atoms with Crippen molar-refractivity contribution in [2.24, 2.45) is 0 Å². The zero-order valence-electron chi connectivity index (χ0n) is 19.8. The van der Waals surface area contributed by atoms with Crippen molar-refractivity contribution >= 4 is 22.7 Å². The van der Waals surface area contributed by atoms with Crippen LogP contribution in [0.15, 0.2) is 53.6 Å². The largest absolute Gasteiger partial charge is 0.372 e. The lowest BCUT2D eigenvalue weighted by molar-refractivity contribution is -0.121. The van der Waals surface area contributed by atoms with Crippen LogP contribution in [0.3, 0.4) is 0 Å². The Balaban J connectivity index is 1.30. The SMILES string of the molecule is Cc1cccc2c(=O)n(CCC(=O)NCc3ccc(C(=O)N4CC(C)OC(C)C4)cc3)cnc12. The van der Waals surface area contributed by atoms with Crippen LogP contribution in [-0.4, -0.2) is 51.6 Å². The van der Waals surface area contributed by atoms with Gasteiger partial charge in [0.15, 0.2) is 0 Å². The number of rotatable bonds is 6. The number of fused-ring (bicyclic) bond motifs is 1. The number of aromatic nitrogens is 2. The lowest BCUT2D eigenvalue weighted by atomic mass is 10.1. The smallest absolute Gasteiger partial charge is 0.261 e. The van der Waals surface area contributed by atoms with Crippen LogP contribution in [0.25, 0.3) is 10.9 Å². The number of benzene rings is 2. The minimum atomic E-state index is -0.160. The van der Waals surface area contributed by atoms with Crippen molar-refractivity contribution in [3.8, 4) is 0 Å². The quantitative estimate of drug-likeness (QED) is 0.608. The average molecular weight is 463 g/mol. The van der Waals surface area contributed by atoms with E-state index in [0.29, 0.717) is 36.1 Å². The first-order chi connectivity index (χ1) is 16.3. The molecule has 8 nitrogen and oxygen atoms in total. The Morgan fingerprint density at radius 3 is 2.50 bits per heavy atom. The number of carbonyl (C=O) groups is 2. The molecular formula is C26H30N4O4. The van der Waals surface area contributed by atoms with Crippen molar-refractivity contribution in [1.29, 1.82) is 0 Å². The molecule has 2 unspecified atom stereocenters. The third-order valence-electron chi connectivity index (χ3n) is 6.03. The summed E-state index contributed by atoms with van der Waals surface area (Å²) in [6.07, 6.45) is 1.71. The minimum Gasteiger partial charge on any atom is -0.372 e. The summed E-state index contributed by atoms with van der Waals surface area (Å²) in [5.41, 5.74) is 3.00. The molecule has 2 heterocycles. The Bertz CT molecular complexity index is 1240. The van der Waals surface area contributed by atoms with Gasteiger partial charge in [-0.15, -0.1) is 0 Å². The summed E-state index contributed by atoms with van der Waals surface area (Å²) in [5, 5.41) is 3.43. The van der Waals surface area contributed by atoms with E-state index in [1.165, 1.54) is 10.9 Å². The van der Waals surface area contributed by atoms with E-state index >= 15 is 0 Å². The van der Waals surface area contributed by atoms with Crippen molar-refractivity contribution in [2.45, 2.75) is 52.5 Å². The van der Waals surface area contributed by atoms with Crippen LogP contribution in [0.2, 0.25) is 0 Å². The second-order valence-electron chi connectivity index (χ2n) is 8.91. The first-order valence-corrected chi connectivity index (χ1v) is 11.6. The van der Waals surface area contributed by atoms with Gasteiger partial charge in [0, 0.05) is 38.2 Å². The molecule has 34 heavy (non-hydrogen) atoms. The molecule has 0 aliphatic carbocycles. The van der Waals surface area contributed by atoms with Crippen molar-refractivity contribution in [2.75, 3.05) is 13.1 Å². The number of para-hydroxylation sites is 1. The van der Waals surface area contributed by atoms with Gasteiger partial charge in [-0.1, -0.05) is 24.3 Å². The topological polar surface area (TPSA) is 93.5 Å². The molecule has 0 radical (unpaired) electrons. The van der Waals surface area contributed by atoms with Gasteiger partial charge in [0.25, 0.3) is 11.5 Å². The zero-order valence-corrected chi connectivity index (χ0v) is 19.8. The maximum atomic E-state index is 12.8. The summed E-state index contributed by atoms with van der Waals surface area (Å²) in [6, 6.07) is 12.8. The molecule has 1 aliphatic rings. The predicted octanol–water partition coefficient (Wildman–Crippen LogP) is 2.66. The normalized spacial score (nSPS) is 18.1. The van der Waals surface area contributed by atoms with E-state index in [4.69, 9.17) is 4.74 Å². The van der Waals surface area contributed by atoms with Gasteiger partial charge in [0.05, 0.1) is 29.4 Å². The van der Waals surface area contributed by atoms with Gasteiger partial charge in [-0.05, 0) is 50.1 Å². The molecule has 2 atom stereocenters. The number of amides is 2. The molecule has 1 aliphatic heterocycles. The predicted molar refractivity (Wildman–Crippen MR) is 130 cm³/mol. The second-order valence-corrected chi connectivity index (χ2v) is 8.91. The van der Waals surface area contributed by atoms with Crippen LogP contribution in [0.1, 0.15) is 41.8 Å². The lowest BCUT2D eigenvalue weighted by Gasteiger charge is -2.35. The molecule has 0 bridgehead atoms. The highest BCUT2D eigenvalue weighted by Crippen LogP contribution is 2.15. The van der Waals surface area contributed by atoms with Crippen LogP contribution in [0, 0.1) is 6.92 Å². The van der Waals surface area contributed by atoms with Gasteiger partial charge in [-0.25, -0.2) is 4.98 Å². The van der Waals surface area contributed by atoms with Gasteiger partial charge in [-0.2, -0.15) is 0 Å². The first-order valence-electron chi connectivity index (χ1n) is 11.6. The summed E-state index contributed by atoms with van der Waals surface area (Å²) in [4.78, 5) is 44.0. The number of morpholine rings is 1. The van der Waals surface area contributed by atoms with Crippen LogP contribution in [-0.2, 0) is 22.6 Å². The molecule has 2 amide bonds. The second kappa shape index (κ2) is 10.2. The summed E-state index contributed by atoms with van der Waals surface area (Å²) in [6.45, 7) is 7.62. The van der Waals surface area contributed by atoms with E-state index in [-0.39, 0.29) is 42.5 Å². The van der Waals surface area contributed by atoms with Crippen LogP contribution in [0.4, 0.5) is 0 Å². The molecule has 0 saturated carbocycles. The number of aryl methyl sites for hydroxylation is 2. The van der Waals surface area contributed by atoms with Crippen LogP contribution >= 0.6 is 0 Å². The highest BCUT2D eigenvalue weighted by Gasteiger charge is 2.26. The van der Waals surface area contributed by atoms with Crippen molar-refractivity contribution < 1.29 is 14.3 Å². The molecule has 1 N–H and O–H groups in total. The monoisotopic (exact) mass is 462 g/mol. The Morgan fingerprint density at radius 1 is 1.09 bits per heavy atom. The Hall–Kier alpha value is -3.52. The van der Waals surface area contributed by atoms with E-state index < -0.39 is 0 Å². The van der Waals surface area contributed by atoms with Crippen molar-refractivity contribution in [3.05, 3.63) is 75.8 Å². The van der Waals surface area contributed by atoms with E-state index in [0.717, 1.165) is 11.1 Å². The summed E-state index contributed by atoms with van der Waals surface area (Å²) in [7, 11) is 0. The van der Waals surface area contributed by atoms with E-state index in [9.17, 15) is 14.4 Å². The highest BCUT2D eigenvalue weighted by atomic mass is 16.5. The average Bonchev–Trinajstić information content (AvgIpc) is 2.82. The van der Waals surface area contributed by atoms with Crippen LogP contribution < -0.4 is 10.9 Å². The molecule has 3 aromatic rings. The summed E-state index contributed by atoms with van der Waals surface area (Å²) < 4.78 is 7.16. The fraction of sp³-hybridized carbons (Fsp3) is 0.385. The fourth-order valence-corrected chi connectivity index (χ4v) is 4.30. The Kier molecular flexibility index (Phi) is 7.07. The molecule has 2 aromatic carbocycles. The van der Waals surface area contributed by atoms with E-state index in [2.05, 4.69) is 10.3 Å². The maximum absolute atomic E-state index is 12.8. The first kappa shape index (κ1) is 23.6. The maximum Gasteiger partial charge on any atom is 0.261 e. The van der Waals surface area contributed by atoms with E-state index in [1.807, 2.05) is 49.9 Å². The van der Waals surface area contributed by atoms with Crippen molar-refractivity contribution in [1.82, 2.24) is 19.8 Å². The zero-order chi connectivity index (χ0) is 24.2. The molecule has 178 valence electrons. The Morgan fingerprint density at radius 2 is 1.79 bits per heavy atom. The van der Waals surface area contributed by atoms with Gasteiger partial charge in [0.2, 0.25) is 5.91 Å². The number of nitrogens with zero attached hydrogens (tertiary/aromatic N) is 3. The van der Waals surface area contributed by atoms with E-state index in [1.54, 1.807) is 18.2 Å². The molecule has 1 saturated heterocycles. The highest BCUT2D eigenvalue weighted by molar-refractivity contribution is 5.94. The number of nitrogens with one attached hydrogen (secondary N) is 1. The Labute approximate surface area is 198 Å². The lowest BCUT2D eigenvalue weighted by Crippen LogP contribution is -2.48. The van der Waals surface area contributed by atoms with Gasteiger partial charge in [-0.3, -0.25) is 19.0 Å². The van der Waals surface area contributed by atoms with Gasteiger partial charge < -0.3 is 15.0 Å². The van der Waals surface area contributed by atoms with Crippen molar-refractivity contribution in [3.63, 3.8) is 0 Å². The van der Waals surface area contributed by atoms with Gasteiger partial charge >= 0.3 is 0 Å². The minimum absolute atomic E-state index is 0.0118. The number of carbonyl (C=O) groups excluding carboxylic acids is 2. The number of hydrogen-bond donors (Lipinski definition) is 1. The molecular weight excluding hydrogens is 432 g/mol. The third kappa shape index (κ3) is 5.34. The molecule has 0 spiro atoms. The molecule has 1 aromatic heterocycles. The third-order valence-corrected chi connectivity index (χ3v) is 6.03. The van der Waals surface area contributed by atoms with Gasteiger partial charge in [0.1, 0.15) is 0 Å². The standard InChI is InChI=1S/C26H30N4O4/c1-17-5-4-6-22-24(17)28-16-29(26(22)33)12-11-23(31)27-13-20-7-9-21(10-8-20)25(32)30-14-18(2)34-19(3)15-30/h4-10,16,18-19H,11-15H2,1-3H3,(H,27,31). The number of hydrogen-bond acceptors (Lipinski definition) is 5. The number of ether oxygens (including phenoxy) is 1. The molecule has 4 rings (SSSR count).